The summed E-state index contributed by atoms with van der Waals surface area (Å²) in [6.07, 6.45) is 0.754. The fourth-order valence-corrected chi connectivity index (χ4v) is 2.86. The van der Waals surface area contributed by atoms with Gasteiger partial charge in [0.2, 0.25) is 5.91 Å². The third-order valence-corrected chi connectivity index (χ3v) is 4.03. The molecular formula is C16H23ClN2O3. The average Bonchev–Trinajstić information content (AvgIpc) is 2.77. The highest BCUT2D eigenvalue weighted by Crippen LogP contribution is 2.30. The van der Waals surface area contributed by atoms with Gasteiger partial charge in [0.1, 0.15) is 11.9 Å². The van der Waals surface area contributed by atoms with Crippen LogP contribution in [0, 0.1) is 5.92 Å². The van der Waals surface area contributed by atoms with E-state index < -0.39 is 6.10 Å². The highest BCUT2D eigenvalue weighted by Gasteiger charge is 2.36. The number of hydrogen-bond donors (Lipinski definition) is 2. The van der Waals surface area contributed by atoms with E-state index in [4.69, 9.17) is 16.3 Å². The molecule has 6 heteroatoms. The number of ether oxygens (including phenoxy) is 1. The molecule has 1 saturated carbocycles. The topological polar surface area (TPSA) is 61.8 Å². The first kappa shape index (κ1) is 17.1. The summed E-state index contributed by atoms with van der Waals surface area (Å²) in [4.78, 5) is 13.5. The van der Waals surface area contributed by atoms with Gasteiger partial charge in [-0.15, -0.1) is 0 Å². The molecule has 2 rings (SSSR count). The minimum absolute atomic E-state index is 0.0234. The van der Waals surface area contributed by atoms with Gasteiger partial charge in [-0.25, -0.2) is 0 Å². The zero-order chi connectivity index (χ0) is 16.1. The number of aliphatic hydroxyl groups excluding tert-OH is 1. The Kier molecular flexibility index (Phi) is 6.06. The van der Waals surface area contributed by atoms with E-state index in [1.807, 2.05) is 31.1 Å². The lowest BCUT2D eigenvalue weighted by Gasteiger charge is -2.21. The smallest absolute Gasteiger partial charge is 0.234 e. The second-order valence-corrected chi connectivity index (χ2v) is 6.42. The van der Waals surface area contributed by atoms with Gasteiger partial charge >= 0.3 is 0 Å². The Bertz CT molecular complexity index is 510. The van der Waals surface area contributed by atoms with Gasteiger partial charge in [0.25, 0.3) is 0 Å². The van der Waals surface area contributed by atoms with Gasteiger partial charge in [-0.1, -0.05) is 17.7 Å². The monoisotopic (exact) mass is 326 g/mol. The maximum Gasteiger partial charge on any atom is 0.234 e. The Morgan fingerprint density at radius 2 is 2.23 bits per heavy atom. The maximum absolute atomic E-state index is 11.6. The van der Waals surface area contributed by atoms with Crippen molar-refractivity contribution in [1.29, 1.82) is 0 Å². The predicted octanol–water partition coefficient (Wildman–Crippen LogP) is 1.54. The van der Waals surface area contributed by atoms with Gasteiger partial charge < -0.3 is 20.1 Å². The van der Waals surface area contributed by atoms with E-state index >= 15 is 0 Å². The highest BCUT2D eigenvalue weighted by atomic mass is 35.5. The van der Waals surface area contributed by atoms with Crippen LogP contribution in [0.15, 0.2) is 24.3 Å². The molecule has 5 nitrogen and oxygen atoms in total. The Balaban J connectivity index is 1.82. The molecule has 0 spiro atoms. The van der Waals surface area contributed by atoms with E-state index in [1.165, 1.54) is 0 Å². The summed E-state index contributed by atoms with van der Waals surface area (Å²) >= 11 is 5.93. The Hall–Kier alpha value is -1.30. The number of hydrogen-bond acceptors (Lipinski definition) is 4. The molecule has 1 aromatic rings. The normalized spacial score (nSPS) is 24.5. The zero-order valence-corrected chi connectivity index (χ0v) is 13.7. The summed E-state index contributed by atoms with van der Waals surface area (Å²) in [6, 6.07) is 7.16. The molecule has 0 unspecified atom stereocenters. The van der Waals surface area contributed by atoms with E-state index in [-0.39, 0.29) is 17.9 Å². The van der Waals surface area contributed by atoms with Crippen molar-refractivity contribution < 1.29 is 14.6 Å². The first-order chi connectivity index (χ1) is 10.5. The van der Waals surface area contributed by atoms with Crippen LogP contribution in [-0.2, 0) is 4.79 Å². The predicted molar refractivity (Wildman–Crippen MR) is 86.2 cm³/mol. The number of likely N-dealkylation sites (N-methyl/N-ethyl adjacent to an activating group) is 1. The van der Waals surface area contributed by atoms with Crippen molar-refractivity contribution in [3.8, 4) is 5.75 Å². The first-order valence-corrected chi connectivity index (χ1v) is 7.85. The van der Waals surface area contributed by atoms with Crippen LogP contribution in [0.3, 0.4) is 0 Å². The third-order valence-electron chi connectivity index (χ3n) is 3.79. The van der Waals surface area contributed by atoms with Crippen molar-refractivity contribution in [3.63, 3.8) is 0 Å². The molecular weight excluding hydrogens is 304 g/mol. The van der Waals surface area contributed by atoms with Crippen molar-refractivity contribution in [2.75, 3.05) is 27.2 Å². The zero-order valence-electron chi connectivity index (χ0n) is 13.0. The van der Waals surface area contributed by atoms with Crippen LogP contribution in [0.25, 0.3) is 0 Å². The van der Waals surface area contributed by atoms with Crippen molar-refractivity contribution in [3.05, 3.63) is 29.3 Å². The number of halogens is 1. The molecule has 1 fully saturated rings. The van der Waals surface area contributed by atoms with Crippen LogP contribution in [0.5, 0.6) is 5.75 Å². The van der Waals surface area contributed by atoms with Crippen molar-refractivity contribution in [2.45, 2.75) is 25.0 Å². The molecule has 0 aromatic heterocycles. The van der Waals surface area contributed by atoms with Gasteiger partial charge in [0.15, 0.2) is 0 Å². The summed E-state index contributed by atoms with van der Waals surface area (Å²) in [5, 5.41) is 13.8. The largest absolute Gasteiger partial charge is 0.488 e. The molecule has 0 aliphatic heterocycles. The molecule has 122 valence electrons. The van der Waals surface area contributed by atoms with Crippen LogP contribution in [0.1, 0.15) is 12.8 Å². The van der Waals surface area contributed by atoms with Gasteiger partial charge in [0.05, 0.1) is 12.6 Å². The SMILES string of the molecule is CN(C)CC(=O)NC[C@H]1CC[C@@H](Oc2cccc(Cl)c2)[C@@H]1O. The van der Waals surface area contributed by atoms with Gasteiger partial charge in [-0.2, -0.15) is 0 Å². The lowest BCUT2D eigenvalue weighted by atomic mass is 10.1. The van der Waals surface area contributed by atoms with E-state index in [1.54, 1.807) is 12.1 Å². The Labute approximate surface area is 136 Å². The van der Waals surface area contributed by atoms with Crippen molar-refractivity contribution >= 4 is 17.5 Å². The number of nitrogens with zero attached hydrogens (tertiary/aromatic N) is 1. The maximum atomic E-state index is 11.6. The summed E-state index contributed by atoms with van der Waals surface area (Å²) in [5.41, 5.74) is 0. The van der Waals surface area contributed by atoms with Crippen molar-refractivity contribution in [2.24, 2.45) is 5.92 Å². The molecule has 1 aromatic carbocycles. The number of aliphatic hydroxyl groups is 1. The Morgan fingerprint density at radius 3 is 2.91 bits per heavy atom. The lowest BCUT2D eigenvalue weighted by Crippen LogP contribution is -2.40. The quantitative estimate of drug-likeness (QED) is 0.832. The van der Waals surface area contributed by atoms with Crippen LogP contribution >= 0.6 is 11.6 Å². The minimum Gasteiger partial charge on any atom is -0.488 e. The third kappa shape index (κ3) is 4.87. The van der Waals surface area contributed by atoms with Crippen LogP contribution in [0.2, 0.25) is 5.02 Å². The molecule has 1 amide bonds. The number of amides is 1. The lowest BCUT2D eigenvalue weighted by molar-refractivity contribution is -0.122. The highest BCUT2D eigenvalue weighted by molar-refractivity contribution is 6.30. The summed E-state index contributed by atoms with van der Waals surface area (Å²) < 4.78 is 5.81. The summed E-state index contributed by atoms with van der Waals surface area (Å²) in [6.45, 7) is 0.828. The fourth-order valence-electron chi connectivity index (χ4n) is 2.68. The first-order valence-electron chi connectivity index (χ1n) is 7.47. The van der Waals surface area contributed by atoms with E-state index in [2.05, 4.69) is 5.32 Å². The molecule has 1 aliphatic carbocycles. The average molecular weight is 327 g/mol. The van der Waals surface area contributed by atoms with Gasteiger partial charge in [-0.05, 0) is 45.1 Å². The number of nitrogens with one attached hydrogen (secondary N) is 1. The van der Waals surface area contributed by atoms with E-state index in [0.717, 1.165) is 12.8 Å². The second kappa shape index (κ2) is 7.81. The number of carbonyl (C=O) groups excluding carboxylic acids is 1. The van der Waals surface area contributed by atoms with E-state index in [0.29, 0.717) is 23.9 Å². The Morgan fingerprint density at radius 1 is 1.45 bits per heavy atom. The molecule has 0 heterocycles. The van der Waals surface area contributed by atoms with Crippen LogP contribution in [-0.4, -0.2) is 55.3 Å². The number of carbonyl (C=O) groups is 1. The van der Waals surface area contributed by atoms with Crippen LogP contribution < -0.4 is 10.1 Å². The summed E-state index contributed by atoms with van der Waals surface area (Å²) in [7, 11) is 3.69. The van der Waals surface area contributed by atoms with Gasteiger partial charge in [0, 0.05) is 17.5 Å². The number of benzene rings is 1. The standard InChI is InChI=1S/C16H23ClN2O3/c1-19(2)10-15(20)18-9-11-6-7-14(16(11)21)22-13-5-3-4-12(17)8-13/h3-5,8,11,14,16,21H,6-7,9-10H2,1-2H3,(H,18,20)/t11-,14-,16-/m1/s1. The van der Waals surface area contributed by atoms with Gasteiger partial charge in [-0.3, -0.25) is 4.79 Å². The molecule has 2 N–H and O–H groups in total. The van der Waals surface area contributed by atoms with Crippen LogP contribution in [0.4, 0.5) is 0 Å². The molecule has 0 bridgehead atoms. The molecule has 22 heavy (non-hydrogen) atoms. The van der Waals surface area contributed by atoms with E-state index in [9.17, 15) is 9.90 Å². The van der Waals surface area contributed by atoms with Crippen molar-refractivity contribution in [1.82, 2.24) is 10.2 Å². The molecule has 3 atom stereocenters. The molecule has 0 saturated heterocycles. The molecule has 0 radical (unpaired) electrons. The number of rotatable bonds is 6. The molecule has 1 aliphatic rings. The summed E-state index contributed by atoms with van der Waals surface area (Å²) in [5.74, 6) is 0.653. The fraction of sp³-hybridized carbons (Fsp3) is 0.562. The minimum atomic E-state index is -0.585. The second-order valence-electron chi connectivity index (χ2n) is 5.98.